The van der Waals surface area contributed by atoms with Crippen molar-refractivity contribution in [3.8, 4) is 0 Å². The van der Waals surface area contributed by atoms with Gasteiger partial charge >= 0.3 is 0 Å². The van der Waals surface area contributed by atoms with Crippen molar-refractivity contribution in [2.45, 2.75) is 20.4 Å². The van der Waals surface area contributed by atoms with Crippen LogP contribution in [0.15, 0.2) is 18.2 Å². The normalized spacial score (nSPS) is 11.6. The maximum atomic E-state index is 10.9. The van der Waals surface area contributed by atoms with Gasteiger partial charge in [-0.05, 0) is 25.0 Å². The molecule has 0 saturated carbocycles. The maximum absolute atomic E-state index is 10.9. The second-order valence-corrected chi connectivity index (χ2v) is 5.36. The van der Waals surface area contributed by atoms with Gasteiger partial charge in [0.2, 0.25) is 10.0 Å². The van der Waals surface area contributed by atoms with Gasteiger partial charge in [0.15, 0.2) is 0 Å². The van der Waals surface area contributed by atoms with Crippen LogP contribution in [0, 0.1) is 13.8 Å². The van der Waals surface area contributed by atoms with Crippen LogP contribution < -0.4 is 4.72 Å². The number of aryl methyl sites for hydroxylation is 2. The number of benzene rings is 1. The summed E-state index contributed by atoms with van der Waals surface area (Å²) in [5.41, 5.74) is 3.31. The van der Waals surface area contributed by atoms with Crippen LogP contribution in [0.2, 0.25) is 0 Å². The summed E-state index contributed by atoms with van der Waals surface area (Å²) in [6, 6.07) is 5.97. The summed E-state index contributed by atoms with van der Waals surface area (Å²) in [7, 11) is -3.10. The minimum Gasteiger partial charge on any atom is -0.213 e. The molecule has 0 unspecified atom stereocenters. The summed E-state index contributed by atoms with van der Waals surface area (Å²) in [5.74, 6) is 0. The van der Waals surface area contributed by atoms with Gasteiger partial charge in [0, 0.05) is 6.54 Å². The van der Waals surface area contributed by atoms with E-state index in [2.05, 4.69) is 4.72 Å². The van der Waals surface area contributed by atoms with Crippen LogP contribution in [0.5, 0.6) is 0 Å². The van der Waals surface area contributed by atoms with Crippen molar-refractivity contribution >= 4 is 10.0 Å². The third-order valence-electron chi connectivity index (χ3n) is 2.02. The number of nitrogens with one attached hydrogen (secondary N) is 1. The van der Waals surface area contributed by atoms with Crippen LogP contribution >= 0.6 is 0 Å². The number of hydrogen-bond acceptors (Lipinski definition) is 2. The smallest absolute Gasteiger partial charge is 0.209 e. The van der Waals surface area contributed by atoms with Gasteiger partial charge in [-0.25, -0.2) is 13.1 Å². The van der Waals surface area contributed by atoms with Crippen LogP contribution in [0.25, 0.3) is 0 Å². The molecule has 0 saturated heterocycles. The first kappa shape index (κ1) is 11.2. The van der Waals surface area contributed by atoms with Crippen molar-refractivity contribution < 1.29 is 8.42 Å². The fourth-order valence-electron chi connectivity index (χ4n) is 1.25. The van der Waals surface area contributed by atoms with Gasteiger partial charge in [-0.15, -0.1) is 0 Å². The molecule has 0 aliphatic rings. The fraction of sp³-hybridized carbons (Fsp3) is 0.400. The monoisotopic (exact) mass is 213 g/mol. The molecule has 0 atom stereocenters. The SMILES string of the molecule is Cc1ccc(CNS(C)(=O)=O)c(C)c1. The molecule has 0 radical (unpaired) electrons. The van der Waals surface area contributed by atoms with Crippen LogP contribution in [-0.4, -0.2) is 14.7 Å². The van der Waals surface area contributed by atoms with Crippen molar-refractivity contribution in [1.82, 2.24) is 4.72 Å². The Bertz CT molecular complexity index is 424. The van der Waals surface area contributed by atoms with E-state index in [0.717, 1.165) is 17.4 Å². The molecule has 14 heavy (non-hydrogen) atoms. The van der Waals surface area contributed by atoms with E-state index in [9.17, 15) is 8.42 Å². The van der Waals surface area contributed by atoms with Gasteiger partial charge in [-0.3, -0.25) is 0 Å². The predicted molar refractivity (Wildman–Crippen MR) is 57.6 cm³/mol. The average molecular weight is 213 g/mol. The highest BCUT2D eigenvalue weighted by Gasteiger charge is 2.02. The van der Waals surface area contributed by atoms with Gasteiger partial charge in [-0.2, -0.15) is 0 Å². The Labute approximate surface area is 85.2 Å². The Morgan fingerprint density at radius 2 is 1.93 bits per heavy atom. The van der Waals surface area contributed by atoms with Crippen LogP contribution in [0.1, 0.15) is 16.7 Å². The zero-order chi connectivity index (χ0) is 10.8. The highest BCUT2D eigenvalue weighted by Crippen LogP contribution is 2.10. The van der Waals surface area contributed by atoms with E-state index in [-0.39, 0.29) is 0 Å². The van der Waals surface area contributed by atoms with E-state index in [0.29, 0.717) is 6.54 Å². The van der Waals surface area contributed by atoms with E-state index >= 15 is 0 Å². The fourth-order valence-corrected chi connectivity index (χ4v) is 1.67. The van der Waals surface area contributed by atoms with Gasteiger partial charge in [-0.1, -0.05) is 23.8 Å². The van der Waals surface area contributed by atoms with Crippen LogP contribution in [-0.2, 0) is 16.6 Å². The van der Waals surface area contributed by atoms with Gasteiger partial charge in [0.1, 0.15) is 0 Å². The van der Waals surface area contributed by atoms with Crippen molar-refractivity contribution in [3.63, 3.8) is 0 Å². The lowest BCUT2D eigenvalue weighted by Gasteiger charge is -2.06. The first-order chi connectivity index (χ1) is 6.38. The second-order valence-electron chi connectivity index (χ2n) is 3.52. The highest BCUT2D eigenvalue weighted by atomic mass is 32.2. The third kappa shape index (κ3) is 3.47. The summed E-state index contributed by atoms with van der Waals surface area (Å²) in [6.45, 7) is 4.36. The average Bonchev–Trinajstić information content (AvgIpc) is 2.00. The van der Waals surface area contributed by atoms with E-state index in [1.807, 2.05) is 32.0 Å². The largest absolute Gasteiger partial charge is 0.213 e. The molecular weight excluding hydrogens is 198 g/mol. The van der Waals surface area contributed by atoms with E-state index in [1.165, 1.54) is 5.56 Å². The molecule has 0 amide bonds. The summed E-state index contributed by atoms with van der Waals surface area (Å²) >= 11 is 0. The Morgan fingerprint density at radius 3 is 2.43 bits per heavy atom. The minimum absolute atomic E-state index is 0.366. The summed E-state index contributed by atoms with van der Waals surface area (Å²) in [5, 5.41) is 0. The summed E-state index contributed by atoms with van der Waals surface area (Å²) < 4.78 is 24.2. The molecule has 0 aliphatic heterocycles. The van der Waals surface area contributed by atoms with E-state index in [1.54, 1.807) is 0 Å². The van der Waals surface area contributed by atoms with Crippen LogP contribution in [0.3, 0.4) is 0 Å². The zero-order valence-electron chi connectivity index (χ0n) is 8.66. The van der Waals surface area contributed by atoms with E-state index in [4.69, 9.17) is 0 Å². The minimum atomic E-state index is -3.10. The third-order valence-corrected chi connectivity index (χ3v) is 2.69. The topological polar surface area (TPSA) is 46.2 Å². The number of hydrogen-bond donors (Lipinski definition) is 1. The molecule has 3 nitrogen and oxygen atoms in total. The van der Waals surface area contributed by atoms with Crippen molar-refractivity contribution in [2.75, 3.05) is 6.26 Å². The van der Waals surface area contributed by atoms with Crippen molar-refractivity contribution in [3.05, 3.63) is 34.9 Å². The molecule has 1 aromatic carbocycles. The molecule has 4 heteroatoms. The molecular formula is C10H15NO2S. The molecule has 78 valence electrons. The molecule has 0 bridgehead atoms. The Morgan fingerprint density at radius 1 is 1.29 bits per heavy atom. The van der Waals surface area contributed by atoms with E-state index < -0.39 is 10.0 Å². The molecule has 1 rings (SSSR count). The van der Waals surface area contributed by atoms with Gasteiger partial charge in [0.05, 0.1) is 6.26 Å². The first-order valence-corrected chi connectivity index (χ1v) is 6.28. The second kappa shape index (κ2) is 4.11. The first-order valence-electron chi connectivity index (χ1n) is 4.39. The number of sulfonamides is 1. The van der Waals surface area contributed by atoms with Crippen molar-refractivity contribution in [1.29, 1.82) is 0 Å². The molecule has 0 fully saturated rings. The lowest BCUT2D eigenvalue weighted by atomic mass is 10.1. The number of rotatable bonds is 3. The molecule has 0 spiro atoms. The lowest BCUT2D eigenvalue weighted by Crippen LogP contribution is -2.21. The van der Waals surface area contributed by atoms with Crippen molar-refractivity contribution in [2.24, 2.45) is 0 Å². The molecule has 1 aromatic rings. The zero-order valence-corrected chi connectivity index (χ0v) is 9.48. The lowest BCUT2D eigenvalue weighted by molar-refractivity contribution is 0.587. The standard InChI is InChI=1S/C10H15NO2S/c1-8-4-5-10(9(2)6-8)7-11-14(3,12)13/h4-6,11H,7H2,1-3H3. The summed E-state index contributed by atoms with van der Waals surface area (Å²) in [6.07, 6.45) is 1.16. The quantitative estimate of drug-likeness (QED) is 0.824. The van der Waals surface area contributed by atoms with Gasteiger partial charge in [0.25, 0.3) is 0 Å². The maximum Gasteiger partial charge on any atom is 0.209 e. The molecule has 1 N–H and O–H groups in total. The molecule has 0 aliphatic carbocycles. The highest BCUT2D eigenvalue weighted by molar-refractivity contribution is 7.88. The van der Waals surface area contributed by atoms with Crippen LogP contribution in [0.4, 0.5) is 0 Å². The Hall–Kier alpha value is -0.870. The van der Waals surface area contributed by atoms with Gasteiger partial charge < -0.3 is 0 Å². The summed E-state index contributed by atoms with van der Waals surface area (Å²) in [4.78, 5) is 0. The Kier molecular flexibility index (Phi) is 3.29. The molecule has 0 aromatic heterocycles. The predicted octanol–water partition coefficient (Wildman–Crippen LogP) is 1.35. The molecule has 0 heterocycles. The Balaban J connectivity index is 2.78.